The lowest BCUT2D eigenvalue weighted by molar-refractivity contribution is -0.274. The summed E-state index contributed by atoms with van der Waals surface area (Å²) in [5.41, 5.74) is 2.36. The number of pyridine rings is 1. The molecule has 0 bridgehead atoms. The molecule has 0 aliphatic rings. The molecule has 6 nitrogen and oxygen atoms in total. The molecule has 2 heterocycles. The molecule has 140 valence electrons. The first-order chi connectivity index (χ1) is 12.8. The molecule has 0 spiro atoms. The second-order valence-corrected chi connectivity index (χ2v) is 5.61. The molecule has 2 aromatic heterocycles. The topological polar surface area (TPSA) is 69.0 Å². The Kier molecular flexibility index (Phi) is 5.11. The molecule has 1 amide bonds. The van der Waals surface area contributed by atoms with Gasteiger partial charge >= 0.3 is 6.36 Å². The molecule has 0 aliphatic carbocycles. The van der Waals surface area contributed by atoms with Gasteiger partial charge in [0.25, 0.3) is 5.91 Å². The van der Waals surface area contributed by atoms with Crippen LogP contribution in [-0.2, 0) is 13.6 Å². The maximum absolute atomic E-state index is 12.2. The van der Waals surface area contributed by atoms with Gasteiger partial charge in [-0.05, 0) is 42.5 Å². The van der Waals surface area contributed by atoms with E-state index in [9.17, 15) is 18.0 Å². The molecule has 0 aliphatic heterocycles. The number of hydrogen-bond acceptors (Lipinski definition) is 4. The zero-order valence-electron chi connectivity index (χ0n) is 14.2. The number of benzene rings is 1. The number of alkyl halides is 3. The van der Waals surface area contributed by atoms with Crippen LogP contribution in [0, 0.1) is 0 Å². The first-order valence-electron chi connectivity index (χ1n) is 7.90. The predicted octanol–water partition coefficient (Wildman–Crippen LogP) is 3.31. The monoisotopic (exact) mass is 376 g/mol. The molecule has 0 fully saturated rings. The first-order valence-corrected chi connectivity index (χ1v) is 7.90. The summed E-state index contributed by atoms with van der Waals surface area (Å²) in [6.45, 7) is 0.204. The number of aromatic nitrogens is 3. The number of nitrogens with one attached hydrogen (secondary N) is 1. The third-order valence-electron chi connectivity index (χ3n) is 3.68. The van der Waals surface area contributed by atoms with Gasteiger partial charge in [-0.15, -0.1) is 13.2 Å². The molecule has 0 saturated heterocycles. The van der Waals surface area contributed by atoms with Gasteiger partial charge in [0.2, 0.25) is 0 Å². The SMILES string of the molecule is Cn1nc(-c2ccccn2)cc1CNC(=O)c1ccc(OC(F)(F)F)cc1. The van der Waals surface area contributed by atoms with Gasteiger partial charge in [0.15, 0.2) is 0 Å². The molecule has 1 N–H and O–H groups in total. The molecule has 1 aromatic carbocycles. The van der Waals surface area contributed by atoms with Crippen molar-refractivity contribution in [1.82, 2.24) is 20.1 Å². The third kappa shape index (κ3) is 4.84. The van der Waals surface area contributed by atoms with Crippen LogP contribution in [-0.4, -0.2) is 27.0 Å². The minimum absolute atomic E-state index is 0.204. The van der Waals surface area contributed by atoms with Gasteiger partial charge in [0.1, 0.15) is 11.4 Å². The van der Waals surface area contributed by atoms with Crippen molar-refractivity contribution >= 4 is 5.91 Å². The highest BCUT2D eigenvalue weighted by atomic mass is 19.4. The van der Waals surface area contributed by atoms with Crippen LogP contribution in [0.3, 0.4) is 0 Å². The minimum atomic E-state index is -4.77. The maximum atomic E-state index is 12.2. The lowest BCUT2D eigenvalue weighted by Gasteiger charge is -2.09. The minimum Gasteiger partial charge on any atom is -0.406 e. The van der Waals surface area contributed by atoms with Crippen molar-refractivity contribution in [3.63, 3.8) is 0 Å². The fourth-order valence-corrected chi connectivity index (χ4v) is 2.39. The summed E-state index contributed by atoms with van der Waals surface area (Å²) >= 11 is 0. The van der Waals surface area contributed by atoms with Gasteiger partial charge in [-0.25, -0.2) is 0 Å². The quantitative estimate of drug-likeness (QED) is 0.742. The molecular weight excluding hydrogens is 361 g/mol. The smallest absolute Gasteiger partial charge is 0.406 e. The summed E-state index contributed by atoms with van der Waals surface area (Å²) in [6.07, 6.45) is -3.10. The molecule has 27 heavy (non-hydrogen) atoms. The molecule has 0 atom stereocenters. The summed E-state index contributed by atoms with van der Waals surface area (Å²) in [5, 5.41) is 7.06. The van der Waals surface area contributed by atoms with Crippen molar-refractivity contribution in [3.8, 4) is 17.1 Å². The van der Waals surface area contributed by atoms with Crippen molar-refractivity contribution in [2.45, 2.75) is 12.9 Å². The van der Waals surface area contributed by atoms with Crippen molar-refractivity contribution in [3.05, 3.63) is 66.0 Å². The average molecular weight is 376 g/mol. The van der Waals surface area contributed by atoms with Crippen LogP contribution in [0.1, 0.15) is 16.1 Å². The Labute approximate surface area is 152 Å². The Morgan fingerprint density at radius 1 is 1.15 bits per heavy atom. The van der Waals surface area contributed by atoms with E-state index in [-0.39, 0.29) is 17.9 Å². The first kappa shape index (κ1) is 18.4. The Hall–Kier alpha value is -3.36. The number of halogens is 3. The largest absolute Gasteiger partial charge is 0.573 e. The number of aryl methyl sites for hydroxylation is 1. The van der Waals surface area contributed by atoms with Crippen molar-refractivity contribution < 1.29 is 22.7 Å². The van der Waals surface area contributed by atoms with Crippen molar-refractivity contribution in [2.24, 2.45) is 7.05 Å². The molecule has 9 heteroatoms. The van der Waals surface area contributed by atoms with E-state index < -0.39 is 12.3 Å². The molecule has 3 rings (SSSR count). The molecule has 0 radical (unpaired) electrons. The van der Waals surface area contributed by atoms with E-state index in [1.165, 1.54) is 12.1 Å². The van der Waals surface area contributed by atoms with E-state index in [0.717, 1.165) is 17.8 Å². The highest BCUT2D eigenvalue weighted by Gasteiger charge is 2.31. The fourth-order valence-electron chi connectivity index (χ4n) is 2.39. The fraction of sp³-hybridized carbons (Fsp3) is 0.167. The van der Waals surface area contributed by atoms with Gasteiger partial charge < -0.3 is 10.1 Å². The lowest BCUT2D eigenvalue weighted by atomic mass is 10.2. The summed E-state index contributed by atoms with van der Waals surface area (Å²) < 4.78 is 41.9. The number of rotatable bonds is 5. The zero-order chi connectivity index (χ0) is 19.4. The molecule has 0 saturated carbocycles. The Morgan fingerprint density at radius 2 is 1.89 bits per heavy atom. The normalized spacial score (nSPS) is 11.3. The maximum Gasteiger partial charge on any atom is 0.573 e. The number of nitrogens with zero attached hydrogens (tertiary/aromatic N) is 3. The summed E-state index contributed by atoms with van der Waals surface area (Å²) in [7, 11) is 1.75. The van der Waals surface area contributed by atoms with E-state index in [1.807, 2.05) is 18.2 Å². The van der Waals surface area contributed by atoms with E-state index >= 15 is 0 Å². The summed E-state index contributed by atoms with van der Waals surface area (Å²) in [6, 6.07) is 12.0. The number of ether oxygens (including phenoxy) is 1. The second-order valence-electron chi connectivity index (χ2n) is 5.61. The highest BCUT2D eigenvalue weighted by Crippen LogP contribution is 2.22. The molecule has 3 aromatic rings. The average Bonchev–Trinajstić information content (AvgIpc) is 3.00. The van der Waals surface area contributed by atoms with Crippen LogP contribution in [0.4, 0.5) is 13.2 Å². The standard InChI is InChI=1S/C18H15F3N4O2/c1-25-13(10-16(24-25)15-4-2-3-9-22-15)11-23-17(26)12-5-7-14(8-6-12)27-18(19,20)21/h2-10H,11H2,1H3,(H,23,26). The van der Waals surface area contributed by atoms with E-state index in [0.29, 0.717) is 11.4 Å². The van der Waals surface area contributed by atoms with Crippen LogP contribution >= 0.6 is 0 Å². The van der Waals surface area contributed by atoms with E-state index in [4.69, 9.17) is 0 Å². The van der Waals surface area contributed by atoms with Crippen molar-refractivity contribution in [2.75, 3.05) is 0 Å². The van der Waals surface area contributed by atoms with Crippen LogP contribution in [0.15, 0.2) is 54.7 Å². The van der Waals surface area contributed by atoms with Crippen LogP contribution < -0.4 is 10.1 Å². The lowest BCUT2D eigenvalue weighted by Crippen LogP contribution is -2.24. The Morgan fingerprint density at radius 3 is 2.52 bits per heavy atom. The Balaban J connectivity index is 1.63. The van der Waals surface area contributed by atoms with Gasteiger partial charge in [-0.2, -0.15) is 5.10 Å². The number of amides is 1. The molecular formula is C18H15F3N4O2. The predicted molar refractivity (Wildman–Crippen MR) is 90.7 cm³/mol. The highest BCUT2D eigenvalue weighted by molar-refractivity contribution is 5.94. The van der Waals surface area contributed by atoms with Gasteiger partial charge in [0, 0.05) is 18.8 Å². The van der Waals surface area contributed by atoms with E-state index in [1.54, 1.807) is 24.0 Å². The number of carbonyl (C=O) groups is 1. The summed E-state index contributed by atoms with van der Waals surface area (Å²) in [5.74, 6) is -0.806. The summed E-state index contributed by atoms with van der Waals surface area (Å²) in [4.78, 5) is 16.4. The van der Waals surface area contributed by atoms with Gasteiger partial charge in [-0.3, -0.25) is 14.5 Å². The van der Waals surface area contributed by atoms with Gasteiger partial charge in [0.05, 0.1) is 17.9 Å². The van der Waals surface area contributed by atoms with Crippen molar-refractivity contribution in [1.29, 1.82) is 0 Å². The third-order valence-corrected chi connectivity index (χ3v) is 3.68. The van der Waals surface area contributed by atoms with Crippen LogP contribution in [0.2, 0.25) is 0 Å². The van der Waals surface area contributed by atoms with E-state index in [2.05, 4.69) is 20.1 Å². The number of carbonyl (C=O) groups excluding carboxylic acids is 1. The second kappa shape index (κ2) is 7.48. The zero-order valence-corrected chi connectivity index (χ0v) is 14.2. The van der Waals surface area contributed by atoms with Gasteiger partial charge in [-0.1, -0.05) is 6.07 Å². The Bertz CT molecular complexity index is 922. The van der Waals surface area contributed by atoms with Crippen LogP contribution in [0.5, 0.6) is 5.75 Å². The number of hydrogen-bond donors (Lipinski definition) is 1. The molecule has 0 unspecified atom stereocenters. The van der Waals surface area contributed by atoms with Crippen LogP contribution in [0.25, 0.3) is 11.4 Å².